The van der Waals surface area contributed by atoms with Crippen molar-refractivity contribution in [2.24, 2.45) is 5.92 Å². The molecule has 186 valence electrons. The third-order valence-electron chi connectivity index (χ3n) is 7.95. The van der Waals surface area contributed by atoms with Gasteiger partial charge in [-0.25, -0.2) is 4.39 Å². The van der Waals surface area contributed by atoms with Gasteiger partial charge in [0.2, 0.25) is 11.8 Å². The molecule has 2 bridgehead atoms. The first-order valence-corrected chi connectivity index (χ1v) is 13.1. The Kier molecular flexibility index (Phi) is 7.19. The third kappa shape index (κ3) is 6.49. The van der Waals surface area contributed by atoms with E-state index in [2.05, 4.69) is 28.1 Å². The van der Waals surface area contributed by atoms with E-state index in [1.165, 1.54) is 25.0 Å². The van der Waals surface area contributed by atoms with Crippen LogP contribution in [0.15, 0.2) is 54.6 Å². The average Bonchev–Trinajstić information content (AvgIpc) is 3.61. The van der Waals surface area contributed by atoms with Crippen LogP contribution in [0.1, 0.15) is 75.0 Å². The van der Waals surface area contributed by atoms with E-state index in [1.54, 1.807) is 12.1 Å². The zero-order valence-corrected chi connectivity index (χ0v) is 20.3. The summed E-state index contributed by atoms with van der Waals surface area (Å²) in [7, 11) is 0. The van der Waals surface area contributed by atoms with Crippen LogP contribution in [-0.2, 0) is 16.0 Å². The molecule has 0 radical (unpaired) electrons. The number of carbonyl (C=O) groups is 2. The Labute approximate surface area is 207 Å². The predicted molar refractivity (Wildman–Crippen MR) is 134 cm³/mol. The summed E-state index contributed by atoms with van der Waals surface area (Å²) in [6.07, 6.45) is 9.13. The summed E-state index contributed by atoms with van der Waals surface area (Å²) in [5, 5.41) is 10.4. The van der Waals surface area contributed by atoms with Crippen LogP contribution < -0.4 is 16.0 Å². The largest absolute Gasteiger partial charge is 0.353 e. The smallest absolute Gasteiger partial charge is 0.224 e. The third-order valence-corrected chi connectivity index (χ3v) is 7.95. The fourth-order valence-electron chi connectivity index (χ4n) is 6.01. The number of amides is 2. The molecular weight excluding hydrogens is 441 g/mol. The molecule has 5 rings (SSSR count). The van der Waals surface area contributed by atoms with Gasteiger partial charge in [-0.2, -0.15) is 0 Å². The summed E-state index contributed by atoms with van der Waals surface area (Å²) in [5.41, 5.74) is 1.97. The molecule has 3 unspecified atom stereocenters. The summed E-state index contributed by atoms with van der Waals surface area (Å²) in [5.74, 6) is 0.432. The zero-order valence-electron chi connectivity index (χ0n) is 20.3. The maximum atomic E-state index is 13.2. The number of halogens is 1. The van der Waals surface area contributed by atoms with Gasteiger partial charge in [0.15, 0.2) is 0 Å². The molecule has 2 aliphatic heterocycles. The van der Waals surface area contributed by atoms with Crippen LogP contribution in [0.25, 0.3) is 0 Å². The molecule has 2 aromatic carbocycles. The van der Waals surface area contributed by atoms with Gasteiger partial charge >= 0.3 is 0 Å². The lowest BCUT2D eigenvalue weighted by Gasteiger charge is -2.40. The second-order valence-electron chi connectivity index (χ2n) is 10.9. The SMILES string of the molecule is O=C(Cc1ccc(F)cc1)NC1CC2CCC(CC[C@H](NC(=O)CC3CC3)c3ccccc3)(C1)N2. The molecule has 4 atom stereocenters. The van der Waals surface area contributed by atoms with Crippen molar-refractivity contribution >= 4 is 11.8 Å². The van der Waals surface area contributed by atoms with Crippen molar-refractivity contribution in [1.82, 2.24) is 16.0 Å². The predicted octanol–water partition coefficient (Wildman–Crippen LogP) is 4.58. The molecule has 3 fully saturated rings. The Morgan fingerprint density at radius 3 is 2.54 bits per heavy atom. The summed E-state index contributed by atoms with van der Waals surface area (Å²) < 4.78 is 13.2. The molecule has 2 aromatic rings. The lowest BCUT2D eigenvalue weighted by Crippen LogP contribution is -2.55. The summed E-state index contributed by atoms with van der Waals surface area (Å²) >= 11 is 0. The van der Waals surface area contributed by atoms with Crippen molar-refractivity contribution in [2.45, 2.75) is 87.9 Å². The van der Waals surface area contributed by atoms with E-state index in [4.69, 9.17) is 0 Å². The molecule has 0 aromatic heterocycles. The maximum absolute atomic E-state index is 13.2. The number of hydrogen-bond donors (Lipinski definition) is 3. The molecule has 2 saturated heterocycles. The fraction of sp³-hybridized carbons (Fsp3) is 0.517. The van der Waals surface area contributed by atoms with Crippen LogP contribution in [0.2, 0.25) is 0 Å². The molecule has 6 heteroatoms. The van der Waals surface area contributed by atoms with Crippen molar-refractivity contribution in [3.05, 3.63) is 71.5 Å². The number of fused-ring (bicyclic) bond motifs is 2. The van der Waals surface area contributed by atoms with Gasteiger partial charge in [-0.1, -0.05) is 42.5 Å². The molecule has 3 aliphatic rings. The van der Waals surface area contributed by atoms with E-state index >= 15 is 0 Å². The van der Waals surface area contributed by atoms with Crippen LogP contribution >= 0.6 is 0 Å². The van der Waals surface area contributed by atoms with E-state index in [0.717, 1.165) is 49.7 Å². The molecule has 0 spiro atoms. The minimum Gasteiger partial charge on any atom is -0.353 e. The Bertz CT molecular complexity index is 1020. The Morgan fingerprint density at radius 1 is 1.03 bits per heavy atom. The first-order chi connectivity index (χ1) is 17.0. The van der Waals surface area contributed by atoms with Crippen molar-refractivity contribution < 1.29 is 14.0 Å². The van der Waals surface area contributed by atoms with Crippen molar-refractivity contribution in [3.63, 3.8) is 0 Å². The van der Waals surface area contributed by atoms with Crippen molar-refractivity contribution in [2.75, 3.05) is 0 Å². The molecular formula is C29H36FN3O2. The number of carbonyl (C=O) groups excluding carboxylic acids is 2. The van der Waals surface area contributed by atoms with Gasteiger partial charge < -0.3 is 16.0 Å². The van der Waals surface area contributed by atoms with Crippen LogP contribution in [0.3, 0.4) is 0 Å². The number of hydrogen-bond acceptors (Lipinski definition) is 3. The maximum Gasteiger partial charge on any atom is 0.224 e. The highest BCUT2D eigenvalue weighted by Crippen LogP contribution is 2.40. The Balaban J connectivity index is 1.19. The van der Waals surface area contributed by atoms with E-state index in [-0.39, 0.29) is 41.7 Å². The van der Waals surface area contributed by atoms with Crippen molar-refractivity contribution in [3.8, 4) is 0 Å². The van der Waals surface area contributed by atoms with Gasteiger partial charge in [-0.05, 0) is 80.5 Å². The molecule has 2 heterocycles. The van der Waals surface area contributed by atoms with E-state index in [9.17, 15) is 14.0 Å². The first kappa shape index (κ1) is 24.0. The summed E-state index contributed by atoms with van der Waals surface area (Å²) in [4.78, 5) is 25.3. The van der Waals surface area contributed by atoms with Crippen molar-refractivity contribution in [1.29, 1.82) is 0 Å². The molecule has 1 aliphatic carbocycles. The van der Waals surface area contributed by atoms with Crippen LogP contribution in [0.5, 0.6) is 0 Å². The van der Waals surface area contributed by atoms with Gasteiger partial charge in [-0.15, -0.1) is 0 Å². The van der Waals surface area contributed by atoms with Gasteiger partial charge in [0.1, 0.15) is 5.82 Å². The Morgan fingerprint density at radius 2 is 1.80 bits per heavy atom. The van der Waals surface area contributed by atoms with E-state index < -0.39 is 0 Å². The number of piperidine rings is 1. The quantitative estimate of drug-likeness (QED) is 0.469. The highest BCUT2D eigenvalue weighted by atomic mass is 19.1. The first-order valence-electron chi connectivity index (χ1n) is 13.1. The summed E-state index contributed by atoms with van der Waals surface area (Å²) in [6, 6.07) is 17.0. The lowest BCUT2D eigenvalue weighted by molar-refractivity contribution is -0.123. The Hall–Kier alpha value is -2.73. The molecule has 5 nitrogen and oxygen atoms in total. The number of rotatable bonds is 10. The zero-order chi connectivity index (χ0) is 24.3. The normalized spacial score (nSPS) is 26.2. The van der Waals surface area contributed by atoms with Crippen LogP contribution in [-0.4, -0.2) is 29.4 Å². The number of nitrogens with one attached hydrogen (secondary N) is 3. The lowest BCUT2D eigenvalue weighted by atomic mass is 9.81. The minimum atomic E-state index is -0.288. The molecule has 35 heavy (non-hydrogen) atoms. The number of benzene rings is 2. The average molecular weight is 478 g/mol. The van der Waals surface area contributed by atoms with Gasteiger partial charge in [0, 0.05) is 24.0 Å². The standard InChI is InChI=1S/C29H36FN3O2/c30-23-10-8-21(9-11-23)16-27(34)31-25-18-24-12-14-29(19-25,33-24)15-13-26(22-4-2-1-3-5-22)32-28(35)17-20-6-7-20/h1-5,8-11,20,24-26,33H,6-7,12-19H2,(H,31,34)(H,32,35)/t24?,25?,26-,29?/m0/s1. The topological polar surface area (TPSA) is 70.2 Å². The summed E-state index contributed by atoms with van der Waals surface area (Å²) in [6.45, 7) is 0. The minimum absolute atomic E-state index is 0.00567. The van der Waals surface area contributed by atoms with Gasteiger partial charge in [0.05, 0.1) is 12.5 Å². The second-order valence-corrected chi connectivity index (χ2v) is 10.9. The van der Waals surface area contributed by atoms with E-state index in [1.807, 2.05) is 18.2 Å². The second kappa shape index (κ2) is 10.5. The molecule has 1 saturated carbocycles. The van der Waals surface area contributed by atoms with Crippen LogP contribution in [0.4, 0.5) is 4.39 Å². The van der Waals surface area contributed by atoms with Gasteiger partial charge in [-0.3, -0.25) is 9.59 Å². The molecule has 3 N–H and O–H groups in total. The monoisotopic (exact) mass is 477 g/mol. The van der Waals surface area contributed by atoms with E-state index in [0.29, 0.717) is 18.4 Å². The highest BCUT2D eigenvalue weighted by molar-refractivity contribution is 5.79. The van der Waals surface area contributed by atoms with Gasteiger partial charge in [0.25, 0.3) is 0 Å². The highest BCUT2D eigenvalue weighted by Gasteiger charge is 2.45. The van der Waals surface area contributed by atoms with Crippen LogP contribution in [0, 0.1) is 11.7 Å². The molecule has 2 amide bonds. The fourth-order valence-corrected chi connectivity index (χ4v) is 6.01.